The van der Waals surface area contributed by atoms with Crippen molar-refractivity contribution >= 4 is 21.9 Å². The lowest BCUT2D eigenvalue weighted by Gasteiger charge is -2.24. The highest BCUT2D eigenvalue weighted by Gasteiger charge is 2.28. The molecule has 9 heteroatoms. The molecule has 1 heterocycles. The second kappa shape index (κ2) is 5.49. The van der Waals surface area contributed by atoms with Crippen LogP contribution in [-0.4, -0.2) is 36.9 Å². The van der Waals surface area contributed by atoms with E-state index in [1.54, 1.807) is 20.9 Å². The highest BCUT2D eigenvalue weighted by Crippen LogP contribution is 2.14. The van der Waals surface area contributed by atoms with E-state index in [4.69, 9.17) is 5.73 Å². The van der Waals surface area contributed by atoms with Gasteiger partial charge in [-0.3, -0.25) is 4.79 Å². The molecule has 0 atom stereocenters. The van der Waals surface area contributed by atoms with Crippen molar-refractivity contribution in [2.24, 2.45) is 5.73 Å². The van der Waals surface area contributed by atoms with Crippen LogP contribution in [0.3, 0.4) is 0 Å². The van der Waals surface area contributed by atoms with Gasteiger partial charge in [0.15, 0.2) is 0 Å². The minimum Gasteiger partial charge on any atom is -0.370 e. The van der Waals surface area contributed by atoms with Gasteiger partial charge in [-0.2, -0.15) is 0 Å². The van der Waals surface area contributed by atoms with Gasteiger partial charge in [0.1, 0.15) is 4.90 Å². The number of sulfonamides is 1. The number of nitrogens with zero attached hydrogens (tertiary/aromatic N) is 2. The van der Waals surface area contributed by atoms with Crippen LogP contribution in [0.2, 0.25) is 0 Å². The van der Waals surface area contributed by atoms with Crippen molar-refractivity contribution < 1.29 is 13.2 Å². The number of aromatic nitrogens is 2. The molecule has 19 heavy (non-hydrogen) atoms. The molecule has 1 amide bonds. The lowest BCUT2D eigenvalue weighted by Crippen LogP contribution is -2.45. The van der Waals surface area contributed by atoms with Crippen molar-refractivity contribution in [2.75, 3.05) is 12.4 Å². The number of rotatable bonds is 6. The van der Waals surface area contributed by atoms with Gasteiger partial charge in [-0.05, 0) is 13.8 Å². The number of hydrogen-bond donors (Lipinski definition) is 3. The van der Waals surface area contributed by atoms with Crippen LogP contribution in [0, 0.1) is 0 Å². The molecular formula is C10H17N5O3S. The minimum atomic E-state index is -3.80. The number of hydrogen-bond acceptors (Lipinski definition) is 6. The van der Waals surface area contributed by atoms with E-state index in [1.807, 2.05) is 0 Å². The molecule has 0 aliphatic rings. The first kappa shape index (κ1) is 15.3. The molecule has 8 nitrogen and oxygen atoms in total. The number of nitrogens with two attached hydrogens (primary N) is 1. The zero-order valence-corrected chi connectivity index (χ0v) is 11.8. The second-order valence-corrected chi connectivity index (χ2v) is 6.31. The van der Waals surface area contributed by atoms with Crippen LogP contribution in [-0.2, 0) is 14.8 Å². The van der Waals surface area contributed by atoms with E-state index in [-0.39, 0.29) is 11.3 Å². The van der Waals surface area contributed by atoms with Crippen molar-refractivity contribution in [1.82, 2.24) is 14.7 Å². The standard InChI is InChI=1S/C10H17N5O3S/c1-10(2,4-8(11)16)15-19(17,18)7-5-13-9(12-3)14-6-7/h5-6,15H,4H2,1-3H3,(H2,11,16)(H,12,13,14). The number of carbonyl (C=O) groups is 1. The van der Waals surface area contributed by atoms with Crippen LogP contribution in [0.1, 0.15) is 20.3 Å². The monoisotopic (exact) mass is 287 g/mol. The quantitative estimate of drug-likeness (QED) is 0.644. The van der Waals surface area contributed by atoms with E-state index in [9.17, 15) is 13.2 Å². The molecule has 1 rings (SSSR count). The summed E-state index contributed by atoms with van der Waals surface area (Å²) in [5.41, 5.74) is 4.09. The maximum atomic E-state index is 12.1. The van der Waals surface area contributed by atoms with Crippen molar-refractivity contribution in [3.05, 3.63) is 12.4 Å². The third kappa shape index (κ3) is 4.45. The molecule has 4 N–H and O–H groups in total. The largest absolute Gasteiger partial charge is 0.370 e. The average molecular weight is 287 g/mol. The molecule has 0 bridgehead atoms. The van der Waals surface area contributed by atoms with Gasteiger partial charge in [0.25, 0.3) is 0 Å². The van der Waals surface area contributed by atoms with Crippen molar-refractivity contribution in [1.29, 1.82) is 0 Å². The van der Waals surface area contributed by atoms with Gasteiger partial charge in [-0.25, -0.2) is 23.1 Å². The molecular weight excluding hydrogens is 270 g/mol. The molecule has 0 saturated heterocycles. The molecule has 0 radical (unpaired) electrons. The first-order valence-electron chi connectivity index (χ1n) is 5.48. The third-order valence-electron chi connectivity index (χ3n) is 2.19. The van der Waals surface area contributed by atoms with Crippen LogP contribution < -0.4 is 15.8 Å². The smallest absolute Gasteiger partial charge is 0.244 e. The highest BCUT2D eigenvalue weighted by molar-refractivity contribution is 7.89. The summed E-state index contributed by atoms with van der Waals surface area (Å²) in [6.45, 7) is 3.14. The summed E-state index contributed by atoms with van der Waals surface area (Å²) in [6, 6.07) is 0. The highest BCUT2D eigenvalue weighted by atomic mass is 32.2. The second-order valence-electron chi connectivity index (χ2n) is 4.62. The molecule has 0 spiro atoms. The first-order chi connectivity index (χ1) is 8.66. The molecule has 0 saturated carbocycles. The van der Waals surface area contributed by atoms with Gasteiger partial charge < -0.3 is 11.1 Å². The number of nitrogens with one attached hydrogen (secondary N) is 2. The van der Waals surface area contributed by atoms with E-state index in [0.29, 0.717) is 5.95 Å². The Morgan fingerprint density at radius 1 is 1.37 bits per heavy atom. The number of carbonyl (C=O) groups excluding carboxylic acids is 1. The fourth-order valence-corrected chi connectivity index (χ4v) is 2.78. The topological polar surface area (TPSA) is 127 Å². The molecule has 106 valence electrons. The van der Waals surface area contributed by atoms with Gasteiger partial charge in [0.05, 0.1) is 12.4 Å². The third-order valence-corrected chi connectivity index (χ3v) is 3.84. The fraction of sp³-hybridized carbons (Fsp3) is 0.500. The van der Waals surface area contributed by atoms with E-state index in [1.165, 1.54) is 12.4 Å². The van der Waals surface area contributed by atoms with Gasteiger partial charge in [0.2, 0.25) is 21.9 Å². The minimum absolute atomic E-state index is 0.0796. The van der Waals surface area contributed by atoms with Gasteiger partial charge >= 0.3 is 0 Å². The first-order valence-corrected chi connectivity index (χ1v) is 6.97. The Morgan fingerprint density at radius 3 is 2.32 bits per heavy atom. The summed E-state index contributed by atoms with van der Waals surface area (Å²) in [7, 11) is -2.18. The zero-order chi connectivity index (χ0) is 14.7. The average Bonchev–Trinajstić information content (AvgIpc) is 2.25. The maximum absolute atomic E-state index is 12.1. The summed E-state index contributed by atoms with van der Waals surface area (Å²) >= 11 is 0. The Kier molecular flexibility index (Phi) is 4.43. The normalized spacial score (nSPS) is 12.2. The van der Waals surface area contributed by atoms with Crippen LogP contribution in [0.15, 0.2) is 17.3 Å². The van der Waals surface area contributed by atoms with Crippen LogP contribution in [0.5, 0.6) is 0 Å². The fourth-order valence-electron chi connectivity index (χ4n) is 1.48. The summed E-state index contributed by atoms with van der Waals surface area (Å²) in [6.07, 6.45) is 2.25. The van der Waals surface area contributed by atoms with E-state index < -0.39 is 21.5 Å². The predicted molar refractivity (Wildman–Crippen MR) is 69.8 cm³/mol. The Morgan fingerprint density at radius 2 is 1.89 bits per heavy atom. The molecule has 0 aliphatic carbocycles. The lowest BCUT2D eigenvalue weighted by atomic mass is 10.0. The SMILES string of the molecule is CNc1ncc(S(=O)(=O)NC(C)(C)CC(N)=O)cn1. The molecule has 0 aromatic carbocycles. The van der Waals surface area contributed by atoms with Crippen LogP contribution in [0.4, 0.5) is 5.95 Å². The van der Waals surface area contributed by atoms with Gasteiger partial charge in [-0.1, -0.05) is 0 Å². The van der Waals surface area contributed by atoms with Crippen molar-refractivity contribution in [3.8, 4) is 0 Å². The Bertz CT molecular complexity index is 553. The number of anilines is 1. The Hall–Kier alpha value is -1.74. The van der Waals surface area contributed by atoms with E-state index in [0.717, 1.165) is 0 Å². The van der Waals surface area contributed by atoms with Gasteiger partial charge in [-0.15, -0.1) is 0 Å². The Balaban J connectivity index is 2.94. The molecule has 1 aromatic heterocycles. The Labute approximate surface area is 111 Å². The number of amides is 1. The summed E-state index contributed by atoms with van der Waals surface area (Å²) in [5, 5.41) is 2.68. The van der Waals surface area contributed by atoms with Crippen LogP contribution >= 0.6 is 0 Å². The molecule has 0 unspecified atom stereocenters. The molecule has 0 aliphatic heterocycles. The molecule has 0 fully saturated rings. The van der Waals surface area contributed by atoms with Crippen LogP contribution in [0.25, 0.3) is 0 Å². The van der Waals surface area contributed by atoms with E-state index in [2.05, 4.69) is 20.0 Å². The lowest BCUT2D eigenvalue weighted by molar-refractivity contribution is -0.119. The zero-order valence-electron chi connectivity index (χ0n) is 11.0. The van der Waals surface area contributed by atoms with E-state index >= 15 is 0 Å². The van der Waals surface area contributed by atoms with Crippen molar-refractivity contribution in [3.63, 3.8) is 0 Å². The number of primary amides is 1. The van der Waals surface area contributed by atoms with Gasteiger partial charge in [0, 0.05) is 19.0 Å². The predicted octanol–water partition coefficient (Wildman–Crippen LogP) is -0.549. The maximum Gasteiger partial charge on any atom is 0.244 e. The summed E-state index contributed by atoms with van der Waals surface area (Å²) < 4.78 is 26.5. The molecule has 1 aromatic rings. The summed E-state index contributed by atoms with van der Waals surface area (Å²) in [5.74, 6) is -0.273. The summed E-state index contributed by atoms with van der Waals surface area (Å²) in [4.78, 5) is 18.4. The van der Waals surface area contributed by atoms with Crippen molar-refractivity contribution in [2.45, 2.75) is 30.7 Å².